The van der Waals surface area contributed by atoms with Crippen LogP contribution >= 0.6 is 0 Å². The van der Waals surface area contributed by atoms with Gasteiger partial charge in [0, 0.05) is 23.0 Å². The Morgan fingerprint density at radius 3 is 2.23 bits per heavy atom. The largest absolute Gasteiger partial charge is 0.314 e. The molecular weight excluding hydrogens is 530 g/mol. The molecule has 44 heavy (non-hydrogen) atoms. The van der Waals surface area contributed by atoms with E-state index in [0.29, 0.717) is 5.92 Å². The summed E-state index contributed by atoms with van der Waals surface area (Å²) in [6.45, 7) is 2.15. The highest BCUT2D eigenvalue weighted by atomic mass is 15.1. The Kier molecular flexibility index (Phi) is 8.11. The number of aryl methyl sites for hydroxylation is 3. The first-order valence-corrected chi connectivity index (χ1v) is 16.0. The van der Waals surface area contributed by atoms with Crippen molar-refractivity contribution in [1.82, 2.24) is 0 Å². The van der Waals surface area contributed by atoms with Crippen molar-refractivity contribution < 1.29 is 0 Å². The second kappa shape index (κ2) is 12.8. The Balaban J connectivity index is 1.13. The molecule has 0 radical (unpaired) electrons. The maximum atomic E-state index is 2.46. The normalized spacial score (nSPS) is 15.7. The van der Waals surface area contributed by atoms with Crippen molar-refractivity contribution in [3.8, 4) is 11.1 Å². The summed E-state index contributed by atoms with van der Waals surface area (Å²) in [5.41, 5.74) is 14.5. The molecule has 7 rings (SSSR count). The van der Waals surface area contributed by atoms with Crippen molar-refractivity contribution in [2.24, 2.45) is 0 Å². The Morgan fingerprint density at radius 2 is 1.43 bits per heavy atom. The van der Waals surface area contributed by atoms with E-state index in [4.69, 9.17) is 0 Å². The lowest BCUT2D eigenvalue weighted by atomic mass is 9.88. The van der Waals surface area contributed by atoms with Crippen molar-refractivity contribution in [2.75, 3.05) is 4.90 Å². The molecule has 216 valence electrons. The lowest BCUT2D eigenvalue weighted by molar-refractivity contribution is 0.825. The van der Waals surface area contributed by atoms with Gasteiger partial charge in [-0.1, -0.05) is 132 Å². The van der Waals surface area contributed by atoms with Gasteiger partial charge in [-0.25, -0.2) is 0 Å². The first-order chi connectivity index (χ1) is 21.7. The van der Waals surface area contributed by atoms with Crippen LogP contribution in [0.1, 0.15) is 53.0 Å². The van der Waals surface area contributed by atoms with Gasteiger partial charge < -0.3 is 4.90 Å². The summed E-state index contributed by atoms with van der Waals surface area (Å²) in [7, 11) is 0. The maximum Gasteiger partial charge on any atom is 0.0464 e. The Morgan fingerprint density at radius 1 is 0.659 bits per heavy atom. The molecule has 5 aromatic rings. The van der Waals surface area contributed by atoms with Crippen LogP contribution in [0.25, 0.3) is 17.2 Å². The van der Waals surface area contributed by atoms with Gasteiger partial charge in [-0.05, 0) is 103 Å². The summed E-state index contributed by atoms with van der Waals surface area (Å²) >= 11 is 0. The molecule has 0 spiro atoms. The second-order valence-corrected chi connectivity index (χ2v) is 12.1. The molecule has 0 bridgehead atoms. The van der Waals surface area contributed by atoms with E-state index in [1.54, 1.807) is 0 Å². The molecule has 1 heteroatoms. The molecule has 1 atom stereocenters. The van der Waals surface area contributed by atoms with Crippen LogP contribution in [-0.2, 0) is 12.8 Å². The van der Waals surface area contributed by atoms with Crippen molar-refractivity contribution in [3.63, 3.8) is 0 Å². The summed E-state index contributed by atoms with van der Waals surface area (Å²) in [6, 6.07) is 46.7. The monoisotopic (exact) mass is 569 g/mol. The third-order valence-electron chi connectivity index (χ3n) is 9.11. The van der Waals surface area contributed by atoms with Crippen LogP contribution in [0.4, 0.5) is 11.4 Å². The summed E-state index contributed by atoms with van der Waals surface area (Å²) in [6.07, 6.45) is 14.9. The van der Waals surface area contributed by atoms with Crippen molar-refractivity contribution in [3.05, 3.63) is 185 Å². The summed E-state index contributed by atoms with van der Waals surface area (Å²) in [4.78, 5) is 2.46. The number of nitrogens with zero attached hydrogens (tertiary/aromatic N) is 1. The third kappa shape index (κ3) is 6.24. The number of fused-ring (bicyclic) bond motifs is 1. The average molecular weight is 570 g/mol. The first kappa shape index (κ1) is 27.9. The number of benzene rings is 5. The quantitative estimate of drug-likeness (QED) is 0.180. The van der Waals surface area contributed by atoms with E-state index in [2.05, 4.69) is 164 Å². The van der Waals surface area contributed by atoms with Crippen LogP contribution in [0.5, 0.6) is 0 Å². The standard InChI is InChI=1S/C43H39N/c1-32-14-16-33(17-15-32)18-19-34-20-22-37(23-21-34)38-24-27-41(28-25-38)44(43-29-26-36-10-5-6-11-39(36)31-43)42-13-7-12-40(30-42)35-8-3-2-4-9-35/h2-17,20-22,24-25,27-28,30-31,37H,18-19,23,26,29H2,1H3. The summed E-state index contributed by atoms with van der Waals surface area (Å²) < 4.78 is 0. The number of rotatable bonds is 8. The maximum absolute atomic E-state index is 2.46. The minimum absolute atomic E-state index is 0.419. The fourth-order valence-corrected chi connectivity index (χ4v) is 6.54. The number of hydrogen-bond acceptors (Lipinski definition) is 1. The van der Waals surface area contributed by atoms with Gasteiger partial charge in [0.05, 0.1) is 0 Å². The zero-order chi connectivity index (χ0) is 29.7. The molecular formula is C43H39N. The van der Waals surface area contributed by atoms with Crippen molar-refractivity contribution in [1.29, 1.82) is 0 Å². The smallest absolute Gasteiger partial charge is 0.0464 e. The highest BCUT2D eigenvalue weighted by molar-refractivity contribution is 5.78. The van der Waals surface area contributed by atoms with Crippen LogP contribution in [0, 0.1) is 6.92 Å². The van der Waals surface area contributed by atoms with Gasteiger partial charge >= 0.3 is 0 Å². The number of allylic oxidation sites excluding steroid dienone is 5. The average Bonchev–Trinajstić information content (AvgIpc) is 3.09. The van der Waals surface area contributed by atoms with Crippen LogP contribution in [0.15, 0.2) is 157 Å². The van der Waals surface area contributed by atoms with Crippen LogP contribution in [0.2, 0.25) is 0 Å². The lowest BCUT2D eigenvalue weighted by Crippen LogP contribution is -2.19. The summed E-state index contributed by atoms with van der Waals surface area (Å²) in [5, 5.41) is 0. The molecule has 0 saturated heterocycles. The van der Waals surface area contributed by atoms with Crippen LogP contribution in [-0.4, -0.2) is 0 Å². The van der Waals surface area contributed by atoms with Gasteiger partial charge in [-0.15, -0.1) is 0 Å². The SMILES string of the molecule is Cc1ccc(CCC2=CCC(c3ccc(N(C4=Cc5ccccc5CC4)c4cccc(-c5ccccc5)c4)cc3)C=C2)cc1. The molecule has 0 N–H and O–H groups in total. The number of hydrogen-bond donors (Lipinski definition) is 0. The van der Waals surface area contributed by atoms with E-state index in [0.717, 1.165) is 32.1 Å². The second-order valence-electron chi connectivity index (χ2n) is 12.1. The van der Waals surface area contributed by atoms with Crippen LogP contribution < -0.4 is 4.90 Å². The van der Waals surface area contributed by atoms with Crippen LogP contribution in [0.3, 0.4) is 0 Å². The molecule has 0 aromatic heterocycles. The molecule has 0 aliphatic heterocycles. The molecule has 5 aromatic carbocycles. The summed E-state index contributed by atoms with van der Waals surface area (Å²) in [5.74, 6) is 0.419. The molecule has 0 saturated carbocycles. The minimum Gasteiger partial charge on any atom is -0.314 e. The zero-order valence-electron chi connectivity index (χ0n) is 25.5. The van der Waals surface area contributed by atoms with E-state index in [9.17, 15) is 0 Å². The molecule has 0 fully saturated rings. The Hall–Kier alpha value is -4.88. The van der Waals surface area contributed by atoms with Gasteiger partial charge in [0.2, 0.25) is 0 Å². The topological polar surface area (TPSA) is 3.24 Å². The number of anilines is 2. The van der Waals surface area contributed by atoms with E-state index in [1.165, 1.54) is 61.6 Å². The predicted molar refractivity (Wildman–Crippen MR) is 187 cm³/mol. The van der Waals surface area contributed by atoms with Gasteiger partial charge in [0.25, 0.3) is 0 Å². The third-order valence-corrected chi connectivity index (χ3v) is 9.11. The Labute approximate surface area is 262 Å². The molecule has 1 unspecified atom stereocenters. The first-order valence-electron chi connectivity index (χ1n) is 16.0. The zero-order valence-corrected chi connectivity index (χ0v) is 25.5. The molecule has 1 nitrogen and oxygen atoms in total. The van der Waals surface area contributed by atoms with E-state index in [1.807, 2.05) is 0 Å². The van der Waals surface area contributed by atoms with Crippen molar-refractivity contribution >= 4 is 17.5 Å². The van der Waals surface area contributed by atoms with Gasteiger partial charge in [0.15, 0.2) is 0 Å². The molecule has 2 aliphatic rings. The van der Waals surface area contributed by atoms with E-state index < -0.39 is 0 Å². The predicted octanol–water partition coefficient (Wildman–Crippen LogP) is 11.4. The van der Waals surface area contributed by atoms with Gasteiger partial charge in [0.1, 0.15) is 0 Å². The van der Waals surface area contributed by atoms with Gasteiger partial charge in [-0.2, -0.15) is 0 Å². The molecule has 0 amide bonds. The molecule has 2 aliphatic carbocycles. The van der Waals surface area contributed by atoms with Crippen molar-refractivity contribution in [2.45, 2.75) is 44.9 Å². The lowest BCUT2D eigenvalue weighted by Gasteiger charge is -2.31. The van der Waals surface area contributed by atoms with E-state index in [-0.39, 0.29) is 0 Å². The Bertz CT molecular complexity index is 1820. The fraction of sp³-hybridized carbons (Fsp3) is 0.163. The van der Waals surface area contributed by atoms with E-state index >= 15 is 0 Å². The molecule has 0 heterocycles. The minimum atomic E-state index is 0.419. The van der Waals surface area contributed by atoms with Gasteiger partial charge in [-0.3, -0.25) is 0 Å². The highest BCUT2D eigenvalue weighted by Crippen LogP contribution is 2.38. The fourth-order valence-electron chi connectivity index (χ4n) is 6.54. The highest BCUT2D eigenvalue weighted by Gasteiger charge is 2.20.